The molecule has 1 heterocycles. The van der Waals surface area contributed by atoms with Gasteiger partial charge in [0.1, 0.15) is 12.1 Å². The van der Waals surface area contributed by atoms with Crippen molar-refractivity contribution in [1.29, 1.82) is 0 Å². The van der Waals surface area contributed by atoms with Gasteiger partial charge >= 0.3 is 0 Å². The minimum Gasteiger partial charge on any atom is -0.478 e. The monoisotopic (exact) mass is 342 g/mol. The van der Waals surface area contributed by atoms with Gasteiger partial charge in [-0.3, -0.25) is 4.79 Å². The average Bonchev–Trinajstić information content (AvgIpc) is 2.91. The quantitative estimate of drug-likeness (QED) is 0.613. The lowest BCUT2D eigenvalue weighted by Crippen LogP contribution is -2.37. The summed E-state index contributed by atoms with van der Waals surface area (Å²) >= 11 is 1.45. The van der Waals surface area contributed by atoms with Gasteiger partial charge in [0.05, 0.1) is 0 Å². The Kier molecular flexibility index (Phi) is 5.91. The lowest BCUT2D eigenvalue weighted by atomic mass is 10.3. The Morgan fingerprint density at radius 2 is 2.26 bits per heavy atom. The van der Waals surface area contributed by atoms with E-state index >= 15 is 0 Å². The number of hydrogen-bond acceptors (Lipinski definition) is 5. The number of aromatic nitrogens is 3. The highest BCUT2D eigenvalue weighted by atomic mass is 32.2. The fourth-order valence-electron chi connectivity index (χ4n) is 1.68. The van der Waals surface area contributed by atoms with Gasteiger partial charge in [-0.05, 0) is 19.1 Å². The summed E-state index contributed by atoms with van der Waals surface area (Å²) in [5.74, 6) is -1.49. The van der Waals surface area contributed by atoms with Crippen LogP contribution in [0.25, 0.3) is 0 Å². The summed E-state index contributed by atoms with van der Waals surface area (Å²) in [5.41, 5.74) is 0. The third kappa shape index (κ3) is 4.92. The van der Waals surface area contributed by atoms with Crippen LogP contribution in [0.15, 0.2) is 29.7 Å². The van der Waals surface area contributed by atoms with Crippen LogP contribution >= 0.6 is 11.8 Å². The van der Waals surface area contributed by atoms with Crippen molar-refractivity contribution in [3.63, 3.8) is 0 Å². The lowest BCUT2D eigenvalue weighted by molar-refractivity contribution is -0.127. The first kappa shape index (κ1) is 17.2. The van der Waals surface area contributed by atoms with E-state index in [9.17, 15) is 13.6 Å². The molecule has 0 radical (unpaired) electrons. The Morgan fingerprint density at radius 3 is 2.91 bits per heavy atom. The van der Waals surface area contributed by atoms with Crippen molar-refractivity contribution in [3.8, 4) is 5.75 Å². The van der Waals surface area contributed by atoms with Crippen LogP contribution in [-0.2, 0) is 11.8 Å². The van der Waals surface area contributed by atoms with Crippen molar-refractivity contribution in [2.75, 3.05) is 12.3 Å². The predicted octanol–water partition coefficient (Wildman–Crippen LogP) is 1.77. The van der Waals surface area contributed by atoms with E-state index in [1.807, 2.05) is 7.05 Å². The van der Waals surface area contributed by atoms with E-state index in [1.165, 1.54) is 18.7 Å². The molecule has 0 bridgehead atoms. The molecular weight excluding hydrogens is 326 g/mol. The van der Waals surface area contributed by atoms with Gasteiger partial charge in [0.2, 0.25) is 0 Å². The van der Waals surface area contributed by atoms with Crippen molar-refractivity contribution < 1.29 is 18.3 Å². The summed E-state index contributed by atoms with van der Waals surface area (Å²) < 4.78 is 33.2. The molecule has 0 aliphatic heterocycles. The van der Waals surface area contributed by atoms with Crippen molar-refractivity contribution in [2.24, 2.45) is 7.05 Å². The molecule has 1 atom stereocenters. The van der Waals surface area contributed by atoms with E-state index < -0.39 is 17.7 Å². The Hall–Kier alpha value is -2.16. The molecular formula is C14H16F2N4O2S. The first-order valence-electron chi connectivity index (χ1n) is 6.83. The van der Waals surface area contributed by atoms with Gasteiger partial charge in [-0.2, -0.15) is 0 Å². The standard InChI is InChI=1S/C14H16F2N4O2S/c1-9(22-12-4-3-10(15)7-11(12)16)13(21)17-5-6-23-14-19-18-8-20(14)2/h3-4,7-9H,5-6H2,1-2H3,(H,17,21)/t9-/m1/s1. The molecule has 2 aromatic rings. The largest absolute Gasteiger partial charge is 0.478 e. The number of hydrogen-bond donors (Lipinski definition) is 1. The molecule has 124 valence electrons. The number of carbonyl (C=O) groups is 1. The van der Waals surface area contributed by atoms with Crippen LogP contribution in [0.5, 0.6) is 5.75 Å². The molecule has 1 aromatic carbocycles. The van der Waals surface area contributed by atoms with Crippen LogP contribution in [0.3, 0.4) is 0 Å². The maximum Gasteiger partial charge on any atom is 0.260 e. The van der Waals surface area contributed by atoms with Gasteiger partial charge < -0.3 is 14.6 Å². The molecule has 0 aliphatic carbocycles. The molecule has 0 saturated carbocycles. The Labute approximate surface area is 136 Å². The normalized spacial score (nSPS) is 12.0. The second kappa shape index (κ2) is 7.91. The number of benzene rings is 1. The lowest BCUT2D eigenvalue weighted by Gasteiger charge is -2.15. The van der Waals surface area contributed by atoms with Gasteiger partial charge in [-0.1, -0.05) is 11.8 Å². The summed E-state index contributed by atoms with van der Waals surface area (Å²) in [4.78, 5) is 11.9. The van der Waals surface area contributed by atoms with Crippen molar-refractivity contribution >= 4 is 17.7 Å². The average molecular weight is 342 g/mol. The molecule has 1 aromatic heterocycles. The summed E-state index contributed by atoms with van der Waals surface area (Å²) in [6.07, 6.45) is 0.698. The molecule has 6 nitrogen and oxygen atoms in total. The van der Waals surface area contributed by atoms with E-state index in [2.05, 4.69) is 15.5 Å². The number of aryl methyl sites for hydroxylation is 1. The van der Waals surface area contributed by atoms with Crippen LogP contribution in [0.1, 0.15) is 6.92 Å². The second-order valence-corrected chi connectivity index (χ2v) is 5.76. The molecule has 2 rings (SSSR count). The zero-order valence-corrected chi connectivity index (χ0v) is 13.4. The SMILES string of the molecule is C[C@@H](Oc1ccc(F)cc1F)C(=O)NCCSc1nncn1C. The molecule has 1 amide bonds. The van der Waals surface area contributed by atoms with Gasteiger partial charge in [0.25, 0.3) is 5.91 Å². The number of nitrogens with one attached hydrogen (secondary N) is 1. The van der Waals surface area contributed by atoms with E-state index in [0.29, 0.717) is 18.4 Å². The number of nitrogens with zero attached hydrogens (tertiary/aromatic N) is 3. The first-order valence-corrected chi connectivity index (χ1v) is 7.82. The number of carbonyl (C=O) groups excluding carboxylic acids is 1. The Bertz CT molecular complexity index is 681. The smallest absolute Gasteiger partial charge is 0.260 e. The van der Waals surface area contributed by atoms with Gasteiger partial charge in [-0.25, -0.2) is 8.78 Å². The number of amides is 1. The Balaban J connectivity index is 1.75. The fraction of sp³-hybridized carbons (Fsp3) is 0.357. The van der Waals surface area contributed by atoms with Gasteiger partial charge in [0, 0.05) is 25.4 Å². The Morgan fingerprint density at radius 1 is 1.48 bits per heavy atom. The molecule has 1 N–H and O–H groups in total. The number of ether oxygens (including phenoxy) is 1. The summed E-state index contributed by atoms with van der Waals surface area (Å²) in [6, 6.07) is 2.93. The fourth-order valence-corrected chi connectivity index (χ4v) is 2.42. The summed E-state index contributed by atoms with van der Waals surface area (Å²) in [7, 11) is 1.83. The molecule has 0 saturated heterocycles. The van der Waals surface area contributed by atoms with Gasteiger partial charge in [-0.15, -0.1) is 10.2 Å². The highest BCUT2D eigenvalue weighted by Crippen LogP contribution is 2.19. The first-order chi connectivity index (χ1) is 11.0. The van der Waals surface area contributed by atoms with E-state index in [-0.39, 0.29) is 11.7 Å². The van der Waals surface area contributed by atoms with Gasteiger partial charge in [0.15, 0.2) is 22.8 Å². The van der Waals surface area contributed by atoms with Crippen LogP contribution < -0.4 is 10.1 Å². The molecule has 9 heteroatoms. The van der Waals surface area contributed by atoms with Crippen molar-refractivity contribution in [1.82, 2.24) is 20.1 Å². The van der Waals surface area contributed by atoms with Crippen LogP contribution in [0.4, 0.5) is 8.78 Å². The molecule has 0 fully saturated rings. The van der Waals surface area contributed by atoms with Crippen molar-refractivity contribution in [3.05, 3.63) is 36.2 Å². The summed E-state index contributed by atoms with van der Waals surface area (Å²) in [5, 5.41) is 11.1. The highest BCUT2D eigenvalue weighted by Gasteiger charge is 2.16. The number of halogens is 2. The number of rotatable bonds is 7. The minimum atomic E-state index is -0.894. The minimum absolute atomic E-state index is 0.164. The predicted molar refractivity (Wildman–Crippen MR) is 81.2 cm³/mol. The molecule has 0 unspecified atom stereocenters. The number of thioether (sulfide) groups is 1. The van der Waals surface area contributed by atoms with Crippen LogP contribution in [0.2, 0.25) is 0 Å². The molecule has 0 aliphatic rings. The van der Waals surface area contributed by atoms with E-state index in [1.54, 1.807) is 10.9 Å². The van der Waals surface area contributed by atoms with Crippen LogP contribution in [0, 0.1) is 11.6 Å². The maximum absolute atomic E-state index is 13.5. The van der Waals surface area contributed by atoms with E-state index in [0.717, 1.165) is 17.3 Å². The third-order valence-electron chi connectivity index (χ3n) is 2.87. The maximum atomic E-state index is 13.5. The van der Waals surface area contributed by atoms with Crippen molar-refractivity contribution in [2.45, 2.75) is 18.2 Å². The zero-order valence-electron chi connectivity index (χ0n) is 12.6. The third-order valence-corrected chi connectivity index (χ3v) is 3.91. The molecule has 23 heavy (non-hydrogen) atoms. The van der Waals surface area contributed by atoms with Crippen LogP contribution in [-0.4, -0.2) is 39.1 Å². The highest BCUT2D eigenvalue weighted by molar-refractivity contribution is 7.99. The summed E-state index contributed by atoms with van der Waals surface area (Å²) in [6.45, 7) is 1.89. The topological polar surface area (TPSA) is 69.0 Å². The molecule has 0 spiro atoms. The zero-order chi connectivity index (χ0) is 16.8. The second-order valence-electron chi connectivity index (χ2n) is 4.70. The van der Waals surface area contributed by atoms with E-state index in [4.69, 9.17) is 4.74 Å².